The second-order valence-electron chi connectivity index (χ2n) is 5.31. The number of carbonyl (C=O) groups excluding carboxylic acids is 3. The summed E-state index contributed by atoms with van der Waals surface area (Å²) in [5.74, 6) is -0.261. The van der Waals surface area contributed by atoms with Crippen molar-refractivity contribution in [2.45, 2.75) is 27.2 Å². The van der Waals surface area contributed by atoms with Crippen LogP contribution in [0.15, 0.2) is 0 Å². The molecule has 0 radical (unpaired) electrons. The van der Waals surface area contributed by atoms with Crippen molar-refractivity contribution in [3.63, 3.8) is 0 Å². The Bertz CT molecular complexity index is 367. The van der Waals surface area contributed by atoms with Crippen molar-refractivity contribution >= 4 is 17.6 Å². The van der Waals surface area contributed by atoms with E-state index >= 15 is 0 Å². The first-order chi connectivity index (χ1) is 9.43. The molecule has 6 heteroatoms. The van der Waals surface area contributed by atoms with Crippen LogP contribution in [0.1, 0.15) is 27.2 Å². The van der Waals surface area contributed by atoms with E-state index in [0.29, 0.717) is 26.2 Å². The van der Waals surface area contributed by atoms with Crippen molar-refractivity contribution in [3.8, 4) is 0 Å². The van der Waals surface area contributed by atoms with Crippen molar-refractivity contribution < 1.29 is 23.9 Å². The molecule has 0 aromatic rings. The van der Waals surface area contributed by atoms with Crippen LogP contribution in [0.5, 0.6) is 0 Å². The van der Waals surface area contributed by atoms with E-state index in [4.69, 9.17) is 9.47 Å². The molecule has 0 bridgehead atoms. The quantitative estimate of drug-likeness (QED) is 0.459. The number of hydrogen-bond acceptors (Lipinski definition) is 5. The Kier molecular flexibility index (Phi) is 6.81. The van der Waals surface area contributed by atoms with E-state index in [1.165, 1.54) is 11.8 Å². The summed E-state index contributed by atoms with van der Waals surface area (Å²) in [7, 11) is 0. The Morgan fingerprint density at radius 2 is 1.90 bits per heavy atom. The number of ether oxygens (including phenoxy) is 2. The number of ketones is 1. The molecule has 1 aliphatic heterocycles. The highest BCUT2D eigenvalue weighted by atomic mass is 16.5. The van der Waals surface area contributed by atoms with Gasteiger partial charge in [-0.3, -0.25) is 19.3 Å². The molecule has 20 heavy (non-hydrogen) atoms. The summed E-state index contributed by atoms with van der Waals surface area (Å²) in [5.41, 5.74) is 0. The van der Waals surface area contributed by atoms with Gasteiger partial charge in [0.2, 0.25) is 11.8 Å². The first-order valence-electron chi connectivity index (χ1n) is 6.92. The van der Waals surface area contributed by atoms with E-state index < -0.39 is 0 Å². The van der Waals surface area contributed by atoms with E-state index in [1.807, 2.05) is 13.8 Å². The van der Waals surface area contributed by atoms with Gasteiger partial charge in [-0.05, 0) is 12.8 Å². The second kappa shape index (κ2) is 8.11. The van der Waals surface area contributed by atoms with Gasteiger partial charge in [-0.2, -0.15) is 0 Å². The Hall–Kier alpha value is -1.27. The largest absolute Gasteiger partial charge is 0.377 e. The number of Topliss-reactive ketones (excluding diaryl/α,β-unsaturated/α-hetero) is 1. The summed E-state index contributed by atoms with van der Waals surface area (Å²) in [6.45, 7) is 6.69. The molecule has 0 aromatic carbocycles. The molecule has 0 spiro atoms. The third kappa shape index (κ3) is 5.02. The van der Waals surface area contributed by atoms with E-state index in [-0.39, 0.29) is 42.6 Å². The zero-order valence-corrected chi connectivity index (χ0v) is 12.4. The third-order valence-corrected chi connectivity index (χ3v) is 3.22. The lowest BCUT2D eigenvalue weighted by molar-refractivity contribution is -0.140. The number of hydrogen-bond donors (Lipinski definition) is 0. The summed E-state index contributed by atoms with van der Waals surface area (Å²) < 4.78 is 10.3. The van der Waals surface area contributed by atoms with Crippen molar-refractivity contribution in [3.05, 3.63) is 0 Å². The molecule has 1 heterocycles. The molecule has 0 N–H and O–H groups in total. The van der Waals surface area contributed by atoms with Crippen LogP contribution in [-0.4, -0.2) is 55.5 Å². The number of likely N-dealkylation sites (tertiary alicyclic amines) is 1. The molecule has 1 rings (SSSR count). The Morgan fingerprint density at radius 1 is 1.25 bits per heavy atom. The van der Waals surface area contributed by atoms with Crippen molar-refractivity contribution in [2.24, 2.45) is 11.8 Å². The SMILES string of the molecule is CC(=O)COCCOCCN1C(=O)CC(C(C)C)C1=O. The molecule has 0 aromatic heterocycles. The maximum absolute atomic E-state index is 12.0. The molecule has 2 amide bonds. The van der Waals surface area contributed by atoms with Crippen LogP contribution in [0.3, 0.4) is 0 Å². The van der Waals surface area contributed by atoms with Crippen LogP contribution in [0, 0.1) is 11.8 Å². The number of carbonyl (C=O) groups is 3. The first kappa shape index (κ1) is 16.8. The summed E-state index contributed by atoms with van der Waals surface area (Å²) in [5, 5.41) is 0. The van der Waals surface area contributed by atoms with Gasteiger partial charge in [0.15, 0.2) is 5.78 Å². The highest BCUT2D eigenvalue weighted by Gasteiger charge is 2.39. The van der Waals surface area contributed by atoms with Gasteiger partial charge in [0, 0.05) is 12.3 Å². The standard InChI is InChI=1S/C14H23NO5/c1-10(2)12-8-13(17)15(14(12)18)4-5-19-6-7-20-9-11(3)16/h10,12H,4-9H2,1-3H3. The molecule has 0 aliphatic carbocycles. The molecule has 1 saturated heterocycles. The lowest BCUT2D eigenvalue weighted by Gasteiger charge is -2.16. The van der Waals surface area contributed by atoms with Gasteiger partial charge in [-0.15, -0.1) is 0 Å². The maximum Gasteiger partial charge on any atom is 0.233 e. The monoisotopic (exact) mass is 285 g/mol. The lowest BCUT2D eigenvalue weighted by Crippen LogP contribution is -2.34. The highest BCUT2D eigenvalue weighted by Crippen LogP contribution is 2.25. The van der Waals surface area contributed by atoms with E-state index in [2.05, 4.69) is 0 Å². The van der Waals surface area contributed by atoms with Gasteiger partial charge in [0.1, 0.15) is 6.61 Å². The van der Waals surface area contributed by atoms with Crippen molar-refractivity contribution in [1.82, 2.24) is 4.90 Å². The highest BCUT2D eigenvalue weighted by molar-refractivity contribution is 6.03. The van der Waals surface area contributed by atoms with Crippen LogP contribution in [-0.2, 0) is 23.9 Å². The predicted octanol–water partition coefficient (Wildman–Crippen LogP) is 0.640. The molecular weight excluding hydrogens is 262 g/mol. The van der Waals surface area contributed by atoms with Gasteiger partial charge in [0.05, 0.1) is 26.4 Å². The Balaban J connectivity index is 2.17. The van der Waals surface area contributed by atoms with Crippen molar-refractivity contribution in [1.29, 1.82) is 0 Å². The van der Waals surface area contributed by atoms with Crippen LogP contribution in [0.25, 0.3) is 0 Å². The minimum absolute atomic E-state index is 0.0296. The fourth-order valence-electron chi connectivity index (χ4n) is 2.06. The van der Waals surface area contributed by atoms with Crippen LogP contribution in [0.2, 0.25) is 0 Å². The minimum Gasteiger partial charge on any atom is -0.377 e. The summed E-state index contributed by atoms with van der Waals surface area (Å²) in [4.78, 5) is 35.6. The van der Waals surface area contributed by atoms with Crippen LogP contribution >= 0.6 is 0 Å². The van der Waals surface area contributed by atoms with Gasteiger partial charge in [0.25, 0.3) is 0 Å². The minimum atomic E-state index is -0.193. The molecule has 0 saturated carbocycles. The lowest BCUT2D eigenvalue weighted by atomic mass is 9.94. The first-order valence-corrected chi connectivity index (χ1v) is 6.92. The fourth-order valence-corrected chi connectivity index (χ4v) is 2.06. The number of nitrogens with zero attached hydrogens (tertiary/aromatic N) is 1. The number of rotatable bonds is 9. The smallest absolute Gasteiger partial charge is 0.233 e. The average molecular weight is 285 g/mol. The maximum atomic E-state index is 12.0. The van der Waals surface area contributed by atoms with Gasteiger partial charge in [-0.1, -0.05) is 13.8 Å². The number of amides is 2. The number of imide groups is 1. The molecular formula is C14H23NO5. The fraction of sp³-hybridized carbons (Fsp3) is 0.786. The Morgan fingerprint density at radius 3 is 2.45 bits per heavy atom. The molecule has 114 valence electrons. The van der Waals surface area contributed by atoms with Crippen LogP contribution in [0.4, 0.5) is 0 Å². The Labute approximate surface area is 119 Å². The summed E-state index contributed by atoms with van der Waals surface area (Å²) >= 11 is 0. The average Bonchev–Trinajstić information content (AvgIpc) is 2.64. The third-order valence-electron chi connectivity index (χ3n) is 3.22. The van der Waals surface area contributed by atoms with Crippen LogP contribution < -0.4 is 0 Å². The van der Waals surface area contributed by atoms with Gasteiger partial charge in [-0.25, -0.2) is 0 Å². The second-order valence-corrected chi connectivity index (χ2v) is 5.31. The zero-order valence-electron chi connectivity index (χ0n) is 12.4. The molecule has 6 nitrogen and oxygen atoms in total. The topological polar surface area (TPSA) is 72.9 Å². The molecule has 1 fully saturated rings. The predicted molar refractivity (Wildman–Crippen MR) is 72.0 cm³/mol. The molecule has 1 aliphatic rings. The van der Waals surface area contributed by atoms with Gasteiger partial charge < -0.3 is 9.47 Å². The van der Waals surface area contributed by atoms with E-state index in [9.17, 15) is 14.4 Å². The summed E-state index contributed by atoms with van der Waals surface area (Å²) in [6.07, 6.45) is 0.304. The summed E-state index contributed by atoms with van der Waals surface area (Å²) in [6, 6.07) is 0. The molecule has 1 atom stereocenters. The van der Waals surface area contributed by atoms with Crippen molar-refractivity contribution in [2.75, 3.05) is 33.0 Å². The van der Waals surface area contributed by atoms with Gasteiger partial charge >= 0.3 is 0 Å². The normalized spacial score (nSPS) is 19.2. The zero-order chi connectivity index (χ0) is 15.1. The van der Waals surface area contributed by atoms with E-state index in [1.54, 1.807) is 0 Å². The molecule has 1 unspecified atom stereocenters. The van der Waals surface area contributed by atoms with E-state index in [0.717, 1.165) is 0 Å².